The predicted molar refractivity (Wildman–Crippen MR) is 62.9 cm³/mol. The zero-order valence-corrected chi connectivity index (χ0v) is 9.47. The van der Waals surface area contributed by atoms with Crippen molar-refractivity contribution < 1.29 is 0 Å². The monoisotopic (exact) mass is 219 g/mol. The van der Waals surface area contributed by atoms with Crippen LogP contribution in [0.25, 0.3) is 10.9 Å². The lowest BCUT2D eigenvalue weighted by Gasteiger charge is -2.29. The number of hydrogen-bond acceptors (Lipinski definition) is 3. The third-order valence-corrected chi connectivity index (χ3v) is 3.84. The molecule has 1 N–H and O–H groups in total. The van der Waals surface area contributed by atoms with Crippen LogP contribution < -0.4 is 0 Å². The van der Waals surface area contributed by atoms with E-state index in [0.717, 1.165) is 5.52 Å². The van der Waals surface area contributed by atoms with E-state index in [-0.39, 0.29) is 0 Å². The highest BCUT2D eigenvalue weighted by Gasteiger charge is 2.16. The Morgan fingerprint density at radius 2 is 2.27 bits per heavy atom. The second kappa shape index (κ2) is 3.54. The number of aryl methyl sites for hydroxylation is 1. The van der Waals surface area contributed by atoms with Crippen LogP contribution in [0.5, 0.6) is 0 Å². The largest absolute Gasteiger partial charge is 0.277 e. The number of aromatic amines is 1. The molecule has 0 amide bonds. The summed E-state index contributed by atoms with van der Waals surface area (Å²) >= 11 is 1.84. The number of H-pyrrole nitrogens is 1. The van der Waals surface area contributed by atoms with Crippen molar-refractivity contribution in [3.05, 3.63) is 23.9 Å². The molecule has 0 unspecified atom stereocenters. The maximum Gasteiger partial charge on any atom is 0.0799 e. The van der Waals surface area contributed by atoms with Crippen molar-refractivity contribution in [2.75, 3.05) is 13.1 Å². The lowest BCUT2D eigenvalue weighted by Crippen LogP contribution is -2.30. The molecule has 2 heterocycles. The van der Waals surface area contributed by atoms with Crippen LogP contribution in [0, 0.1) is 6.92 Å². The van der Waals surface area contributed by atoms with Gasteiger partial charge < -0.3 is 0 Å². The summed E-state index contributed by atoms with van der Waals surface area (Å²) in [5, 5.41) is 8.38. The maximum absolute atomic E-state index is 4.10. The van der Waals surface area contributed by atoms with Crippen LogP contribution in [0.4, 0.5) is 0 Å². The Bertz CT molecular complexity index is 488. The van der Waals surface area contributed by atoms with Gasteiger partial charge in [0.25, 0.3) is 0 Å². The Kier molecular flexibility index (Phi) is 2.18. The fourth-order valence-corrected chi connectivity index (χ4v) is 2.97. The van der Waals surface area contributed by atoms with Crippen molar-refractivity contribution in [3.8, 4) is 0 Å². The van der Waals surface area contributed by atoms with Crippen molar-refractivity contribution in [2.24, 2.45) is 0 Å². The van der Waals surface area contributed by atoms with Crippen LogP contribution in [-0.2, 0) is 0 Å². The zero-order chi connectivity index (χ0) is 10.3. The summed E-state index contributed by atoms with van der Waals surface area (Å²) in [6.45, 7) is 4.54. The van der Waals surface area contributed by atoms with Crippen molar-refractivity contribution in [2.45, 2.75) is 18.2 Å². The third-order valence-electron chi connectivity index (χ3n) is 2.70. The highest BCUT2D eigenvalue weighted by atomic mass is 32.2. The van der Waals surface area contributed by atoms with Gasteiger partial charge in [-0.2, -0.15) is 5.10 Å². The van der Waals surface area contributed by atoms with E-state index in [1.807, 2.05) is 18.1 Å². The van der Waals surface area contributed by atoms with Crippen molar-refractivity contribution >= 4 is 22.9 Å². The number of rotatable bonds is 2. The average Bonchev–Trinajstić information content (AvgIpc) is 2.58. The van der Waals surface area contributed by atoms with Gasteiger partial charge in [-0.05, 0) is 43.0 Å². The van der Waals surface area contributed by atoms with Crippen LogP contribution in [0.1, 0.15) is 12.0 Å². The lowest BCUT2D eigenvalue weighted by atomic mass is 10.2. The fraction of sp³-hybridized carbons (Fsp3) is 0.364. The molecule has 0 atom stereocenters. The molecule has 0 radical (unpaired) electrons. The Hall–Kier alpha value is -1.00. The van der Waals surface area contributed by atoms with E-state index < -0.39 is 0 Å². The Morgan fingerprint density at radius 3 is 3.00 bits per heavy atom. The first-order chi connectivity index (χ1) is 7.33. The van der Waals surface area contributed by atoms with Crippen LogP contribution in [-0.4, -0.2) is 27.6 Å². The molecule has 1 fully saturated rings. The van der Waals surface area contributed by atoms with Gasteiger partial charge in [0.05, 0.1) is 11.7 Å². The average molecular weight is 219 g/mol. The van der Waals surface area contributed by atoms with E-state index >= 15 is 0 Å². The standard InChI is InChI=1S/C11H13N3S/c1-8-5-9-7-12-13-11(9)10(6-8)15-14-3-2-4-14/h5-7H,2-4H2,1H3,(H,12,13). The van der Waals surface area contributed by atoms with Gasteiger partial charge in [-0.15, -0.1) is 0 Å². The van der Waals surface area contributed by atoms with Gasteiger partial charge in [-0.1, -0.05) is 0 Å². The van der Waals surface area contributed by atoms with Crippen molar-refractivity contribution in [1.82, 2.24) is 14.5 Å². The van der Waals surface area contributed by atoms with Crippen LogP contribution >= 0.6 is 11.9 Å². The van der Waals surface area contributed by atoms with Gasteiger partial charge in [0.2, 0.25) is 0 Å². The summed E-state index contributed by atoms with van der Waals surface area (Å²) in [5.74, 6) is 0. The first kappa shape index (κ1) is 9.24. The molecule has 1 aliphatic heterocycles. The zero-order valence-electron chi connectivity index (χ0n) is 8.66. The smallest absolute Gasteiger partial charge is 0.0799 e. The van der Waals surface area contributed by atoms with Gasteiger partial charge in [-0.25, -0.2) is 4.31 Å². The quantitative estimate of drug-likeness (QED) is 0.788. The van der Waals surface area contributed by atoms with E-state index in [1.165, 1.54) is 35.4 Å². The molecule has 0 spiro atoms. The topological polar surface area (TPSA) is 31.9 Å². The van der Waals surface area contributed by atoms with Crippen molar-refractivity contribution in [3.63, 3.8) is 0 Å². The minimum Gasteiger partial charge on any atom is -0.277 e. The predicted octanol–water partition coefficient (Wildman–Crippen LogP) is 2.58. The third kappa shape index (κ3) is 1.64. The van der Waals surface area contributed by atoms with Gasteiger partial charge in [0.1, 0.15) is 0 Å². The van der Waals surface area contributed by atoms with Gasteiger partial charge >= 0.3 is 0 Å². The molecule has 1 aromatic carbocycles. The molecule has 0 saturated carbocycles. The summed E-state index contributed by atoms with van der Waals surface area (Å²) in [5.41, 5.74) is 2.46. The molecule has 0 aliphatic carbocycles. The van der Waals surface area contributed by atoms with E-state index in [1.54, 1.807) is 0 Å². The van der Waals surface area contributed by atoms with Crippen molar-refractivity contribution in [1.29, 1.82) is 0 Å². The molecule has 3 nitrogen and oxygen atoms in total. The highest BCUT2D eigenvalue weighted by molar-refractivity contribution is 7.97. The van der Waals surface area contributed by atoms with Gasteiger partial charge in [-0.3, -0.25) is 5.10 Å². The van der Waals surface area contributed by atoms with E-state index in [4.69, 9.17) is 0 Å². The lowest BCUT2D eigenvalue weighted by molar-refractivity contribution is 0.344. The summed E-state index contributed by atoms with van der Waals surface area (Å²) in [7, 11) is 0. The molecule has 1 aliphatic rings. The molecule has 3 rings (SSSR count). The molecule has 1 saturated heterocycles. The summed E-state index contributed by atoms with van der Waals surface area (Å²) in [4.78, 5) is 1.29. The molecule has 1 aromatic heterocycles. The molecule has 78 valence electrons. The molecular weight excluding hydrogens is 206 g/mol. The van der Waals surface area contributed by atoms with Gasteiger partial charge in [0, 0.05) is 23.4 Å². The minimum absolute atomic E-state index is 1.16. The SMILES string of the molecule is Cc1cc(SN2CCC2)c2[nH]ncc2c1. The molecule has 2 aromatic rings. The number of benzene rings is 1. The fourth-order valence-electron chi connectivity index (χ4n) is 1.76. The van der Waals surface area contributed by atoms with E-state index in [0.29, 0.717) is 0 Å². The molecule has 4 heteroatoms. The Balaban J connectivity index is 2.02. The summed E-state index contributed by atoms with van der Waals surface area (Å²) < 4.78 is 2.38. The van der Waals surface area contributed by atoms with Crippen LogP contribution in [0.15, 0.2) is 23.2 Å². The van der Waals surface area contributed by atoms with E-state index in [9.17, 15) is 0 Å². The summed E-state index contributed by atoms with van der Waals surface area (Å²) in [6.07, 6.45) is 3.22. The normalized spacial score (nSPS) is 16.9. The van der Waals surface area contributed by atoms with Crippen LogP contribution in [0.2, 0.25) is 0 Å². The molecule has 15 heavy (non-hydrogen) atoms. The first-order valence-electron chi connectivity index (χ1n) is 5.19. The number of fused-ring (bicyclic) bond motifs is 1. The second-order valence-corrected chi connectivity index (χ2v) is 5.11. The number of hydrogen-bond donors (Lipinski definition) is 1. The Labute approximate surface area is 93.0 Å². The first-order valence-corrected chi connectivity index (χ1v) is 5.97. The molecular formula is C11H13N3S. The minimum atomic E-state index is 1.16. The summed E-state index contributed by atoms with van der Waals surface area (Å²) in [6, 6.07) is 4.39. The molecule has 0 bridgehead atoms. The van der Waals surface area contributed by atoms with Crippen LogP contribution in [0.3, 0.4) is 0 Å². The number of nitrogens with zero attached hydrogens (tertiary/aromatic N) is 2. The second-order valence-electron chi connectivity index (χ2n) is 3.97. The van der Waals surface area contributed by atoms with Gasteiger partial charge in [0.15, 0.2) is 0 Å². The number of aromatic nitrogens is 2. The van der Waals surface area contributed by atoms with E-state index in [2.05, 4.69) is 33.6 Å². The highest BCUT2D eigenvalue weighted by Crippen LogP contribution is 2.32. The number of nitrogens with one attached hydrogen (secondary N) is 1. The maximum atomic E-state index is 4.10. The Morgan fingerprint density at radius 1 is 1.40 bits per heavy atom.